The number of aromatic carboxylic acids is 1. The van der Waals surface area contributed by atoms with Crippen molar-refractivity contribution in [2.75, 3.05) is 12.8 Å². The second kappa shape index (κ2) is 7.56. The highest BCUT2D eigenvalue weighted by molar-refractivity contribution is 7.88. The number of nitrogens with zero attached hydrogens (tertiary/aromatic N) is 3. The fraction of sp³-hybridized carbons (Fsp3) is 0.412. The first-order valence-corrected chi connectivity index (χ1v) is 10.2. The maximum absolute atomic E-state index is 11.2. The quantitative estimate of drug-likeness (QED) is 0.778. The number of sulfonamides is 1. The van der Waals surface area contributed by atoms with Crippen molar-refractivity contribution >= 4 is 16.0 Å². The van der Waals surface area contributed by atoms with Crippen molar-refractivity contribution in [3.8, 4) is 0 Å². The molecular weight excluding hydrogens is 356 g/mol. The molecule has 3 rings (SSSR count). The molecule has 140 valence electrons. The smallest absolute Gasteiger partial charge is 0.335 e. The molecule has 26 heavy (non-hydrogen) atoms. The molecule has 0 saturated heterocycles. The topological polar surface area (TPSA) is 105 Å². The number of carbonyl (C=O) groups is 1. The summed E-state index contributed by atoms with van der Waals surface area (Å²) in [7, 11) is -3.24. The predicted molar refractivity (Wildman–Crippen MR) is 96.0 cm³/mol. The molecule has 0 bridgehead atoms. The van der Waals surface area contributed by atoms with Gasteiger partial charge in [0.05, 0.1) is 29.8 Å². The number of aryl methyl sites for hydroxylation is 1. The second-order valence-electron chi connectivity index (χ2n) is 6.51. The van der Waals surface area contributed by atoms with Gasteiger partial charge in [-0.1, -0.05) is 12.1 Å². The summed E-state index contributed by atoms with van der Waals surface area (Å²) in [6.07, 6.45) is 2.08. The van der Waals surface area contributed by atoms with Crippen LogP contribution in [0.3, 0.4) is 0 Å². The van der Waals surface area contributed by atoms with E-state index in [4.69, 9.17) is 5.11 Å². The molecule has 1 aliphatic heterocycles. The molecule has 9 heteroatoms. The molecule has 8 nitrogen and oxygen atoms in total. The van der Waals surface area contributed by atoms with Gasteiger partial charge in [-0.3, -0.25) is 9.58 Å². The number of carboxylic acids is 1. The van der Waals surface area contributed by atoms with Crippen LogP contribution in [-0.2, 0) is 36.2 Å². The maximum Gasteiger partial charge on any atom is 0.335 e. The summed E-state index contributed by atoms with van der Waals surface area (Å²) >= 11 is 0. The second-order valence-corrected chi connectivity index (χ2v) is 8.34. The van der Waals surface area contributed by atoms with Gasteiger partial charge in [0, 0.05) is 26.2 Å². The minimum absolute atomic E-state index is 0.190. The zero-order valence-corrected chi connectivity index (χ0v) is 15.4. The summed E-state index contributed by atoms with van der Waals surface area (Å²) < 4.78 is 26.9. The molecular formula is C17H22N4O4S. The van der Waals surface area contributed by atoms with Crippen molar-refractivity contribution in [2.45, 2.75) is 32.6 Å². The molecule has 0 aliphatic carbocycles. The largest absolute Gasteiger partial charge is 0.478 e. The summed E-state index contributed by atoms with van der Waals surface area (Å²) in [5.74, 6) is -0.926. The number of hydrogen-bond donors (Lipinski definition) is 2. The van der Waals surface area contributed by atoms with Crippen molar-refractivity contribution in [3.63, 3.8) is 0 Å². The van der Waals surface area contributed by atoms with Gasteiger partial charge in [-0.15, -0.1) is 0 Å². The first-order chi connectivity index (χ1) is 12.3. The molecule has 2 heterocycles. The maximum atomic E-state index is 11.2. The Balaban J connectivity index is 1.67. The van der Waals surface area contributed by atoms with Crippen LogP contribution in [0, 0.1) is 0 Å². The fourth-order valence-corrected chi connectivity index (χ4v) is 3.44. The highest BCUT2D eigenvalue weighted by Crippen LogP contribution is 2.17. The lowest BCUT2D eigenvalue weighted by molar-refractivity contribution is 0.0697. The molecule has 0 amide bonds. The Kier molecular flexibility index (Phi) is 5.40. The number of hydrogen-bond acceptors (Lipinski definition) is 5. The van der Waals surface area contributed by atoms with Crippen LogP contribution in [0.1, 0.15) is 33.7 Å². The fourth-order valence-electron chi connectivity index (χ4n) is 3.03. The lowest BCUT2D eigenvalue weighted by Gasteiger charge is -2.19. The van der Waals surface area contributed by atoms with Crippen molar-refractivity contribution in [3.05, 3.63) is 52.8 Å². The van der Waals surface area contributed by atoms with E-state index in [1.165, 1.54) is 0 Å². The van der Waals surface area contributed by atoms with E-state index >= 15 is 0 Å². The van der Waals surface area contributed by atoms with Gasteiger partial charge in [-0.05, 0) is 30.2 Å². The van der Waals surface area contributed by atoms with Crippen LogP contribution in [-0.4, -0.2) is 47.0 Å². The lowest BCUT2D eigenvalue weighted by Crippen LogP contribution is -2.23. The number of rotatable bonds is 6. The summed E-state index contributed by atoms with van der Waals surface area (Å²) in [5.41, 5.74) is 3.10. The Hall–Kier alpha value is -2.23. The van der Waals surface area contributed by atoms with Gasteiger partial charge in [0.2, 0.25) is 10.0 Å². The molecule has 2 N–H and O–H groups in total. The minimum atomic E-state index is -3.24. The Bertz CT molecular complexity index is 890. The highest BCUT2D eigenvalue weighted by Gasteiger charge is 2.17. The first kappa shape index (κ1) is 18.6. The monoisotopic (exact) mass is 378 g/mol. The van der Waals surface area contributed by atoms with Crippen LogP contribution >= 0.6 is 0 Å². The molecule has 0 fully saturated rings. The zero-order valence-electron chi connectivity index (χ0n) is 14.6. The SMILES string of the molecule is CS(=O)(=O)NCc1cc2n(n1)CCCN(Cc1ccc(C(=O)O)cc1)C2. The van der Waals surface area contributed by atoms with Gasteiger partial charge in [0.25, 0.3) is 0 Å². The van der Waals surface area contributed by atoms with E-state index in [0.717, 1.165) is 43.6 Å². The molecule has 0 radical (unpaired) electrons. The zero-order chi connectivity index (χ0) is 18.7. The Morgan fingerprint density at radius 3 is 2.65 bits per heavy atom. The number of benzene rings is 1. The van der Waals surface area contributed by atoms with Crippen molar-refractivity contribution in [2.24, 2.45) is 0 Å². The van der Waals surface area contributed by atoms with E-state index < -0.39 is 16.0 Å². The standard InChI is InChI=1S/C17H22N4O4S/c1-26(24,25)18-10-15-9-16-12-20(7-2-8-21(16)19-15)11-13-3-5-14(6-4-13)17(22)23/h3-6,9,18H,2,7-8,10-12H2,1H3,(H,22,23). The van der Waals surface area contributed by atoms with Crippen molar-refractivity contribution in [1.82, 2.24) is 19.4 Å². The van der Waals surface area contributed by atoms with Crippen LogP contribution in [0.15, 0.2) is 30.3 Å². The number of carboxylic acid groups (broad SMARTS) is 1. The van der Waals surface area contributed by atoms with Crippen LogP contribution in [0.5, 0.6) is 0 Å². The van der Waals surface area contributed by atoms with Gasteiger partial charge >= 0.3 is 5.97 Å². The van der Waals surface area contributed by atoms with Gasteiger partial charge < -0.3 is 5.11 Å². The third-order valence-electron chi connectivity index (χ3n) is 4.27. The minimum Gasteiger partial charge on any atom is -0.478 e. The average Bonchev–Trinajstić information content (AvgIpc) is 2.85. The predicted octanol–water partition coefficient (Wildman–Crippen LogP) is 1.04. The van der Waals surface area contributed by atoms with Gasteiger partial charge in [0.15, 0.2) is 0 Å². The third kappa shape index (κ3) is 4.90. The van der Waals surface area contributed by atoms with E-state index in [1.807, 2.05) is 22.9 Å². The molecule has 0 saturated carbocycles. The molecule has 0 spiro atoms. The molecule has 2 aromatic rings. The van der Waals surface area contributed by atoms with E-state index in [0.29, 0.717) is 12.2 Å². The van der Waals surface area contributed by atoms with Crippen molar-refractivity contribution in [1.29, 1.82) is 0 Å². The summed E-state index contributed by atoms with van der Waals surface area (Å²) in [6, 6.07) is 8.85. The molecule has 1 aromatic carbocycles. The van der Waals surface area contributed by atoms with Gasteiger partial charge in [0.1, 0.15) is 0 Å². The lowest BCUT2D eigenvalue weighted by atomic mass is 10.1. The van der Waals surface area contributed by atoms with Crippen LogP contribution in [0.2, 0.25) is 0 Å². The number of aromatic nitrogens is 2. The Morgan fingerprint density at radius 1 is 1.27 bits per heavy atom. The van der Waals surface area contributed by atoms with Crippen LogP contribution in [0.4, 0.5) is 0 Å². The molecule has 1 aromatic heterocycles. The van der Waals surface area contributed by atoms with E-state index in [9.17, 15) is 13.2 Å². The normalized spacial score (nSPS) is 15.4. The average molecular weight is 378 g/mol. The summed E-state index contributed by atoms with van der Waals surface area (Å²) in [5, 5.41) is 13.5. The van der Waals surface area contributed by atoms with E-state index in [1.54, 1.807) is 12.1 Å². The van der Waals surface area contributed by atoms with Gasteiger partial charge in [-0.25, -0.2) is 17.9 Å². The first-order valence-electron chi connectivity index (χ1n) is 8.35. The molecule has 0 atom stereocenters. The Labute approximate surface area is 152 Å². The number of nitrogens with one attached hydrogen (secondary N) is 1. The van der Waals surface area contributed by atoms with Crippen LogP contribution < -0.4 is 4.72 Å². The van der Waals surface area contributed by atoms with Crippen LogP contribution in [0.25, 0.3) is 0 Å². The number of fused-ring (bicyclic) bond motifs is 1. The van der Waals surface area contributed by atoms with E-state index in [-0.39, 0.29) is 12.1 Å². The molecule has 1 aliphatic rings. The molecule has 0 unspecified atom stereocenters. The Morgan fingerprint density at radius 2 is 2.00 bits per heavy atom. The highest BCUT2D eigenvalue weighted by atomic mass is 32.2. The van der Waals surface area contributed by atoms with Crippen molar-refractivity contribution < 1.29 is 18.3 Å². The van der Waals surface area contributed by atoms with E-state index in [2.05, 4.69) is 14.7 Å². The third-order valence-corrected chi connectivity index (χ3v) is 4.94. The summed E-state index contributed by atoms with van der Waals surface area (Å²) in [6.45, 7) is 3.34. The summed E-state index contributed by atoms with van der Waals surface area (Å²) in [4.78, 5) is 13.2. The van der Waals surface area contributed by atoms with Gasteiger partial charge in [-0.2, -0.15) is 5.10 Å².